The Bertz CT molecular complexity index is 1080. The molecule has 0 bridgehead atoms. The summed E-state index contributed by atoms with van der Waals surface area (Å²) in [4.78, 5) is 0. The van der Waals surface area contributed by atoms with Gasteiger partial charge in [-0.1, -0.05) is 72.3 Å². The smallest absolute Gasteiger partial charge is 0.133 e. The van der Waals surface area contributed by atoms with E-state index in [2.05, 4.69) is 85.0 Å². The summed E-state index contributed by atoms with van der Waals surface area (Å²) in [7, 11) is 0. The molecule has 0 saturated carbocycles. The van der Waals surface area contributed by atoms with Crippen molar-refractivity contribution in [1.82, 2.24) is 9.78 Å². The van der Waals surface area contributed by atoms with Crippen LogP contribution in [0.2, 0.25) is 0 Å². The maximum Gasteiger partial charge on any atom is 0.133 e. The number of anilines is 1. The Labute approximate surface area is 159 Å². The van der Waals surface area contributed by atoms with Crippen molar-refractivity contribution in [3.8, 4) is 28.1 Å². The summed E-state index contributed by atoms with van der Waals surface area (Å²) in [5.74, 6) is 1.13. The molecule has 3 aromatic carbocycles. The van der Waals surface area contributed by atoms with E-state index in [0.717, 1.165) is 30.2 Å². The van der Waals surface area contributed by atoms with Gasteiger partial charge in [0.25, 0.3) is 0 Å². The molecular formula is C24H21N3. The number of hydrogen-bond donors (Lipinski definition) is 1. The zero-order valence-electron chi connectivity index (χ0n) is 15.3. The molecule has 1 aliphatic heterocycles. The van der Waals surface area contributed by atoms with Gasteiger partial charge in [0.1, 0.15) is 5.82 Å². The van der Waals surface area contributed by atoms with Gasteiger partial charge in [0.2, 0.25) is 0 Å². The first kappa shape index (κ1) is 15.9. The minimum Gasteiger partial charge on any atom is -0.369 e. The molecule has 0 amide bonds. The molecule has 0 aliphatic carbocycles. The molecule has 27 heavy (non-hydrogen) atoms. The van der Waals surface area contributed by atoms with E-state index < -0.39 is 0 Å². The van der Waals surface area contributed by atoms with Gasteiger partial charge in [-0.3, -0.25) is 0 Å². The molecule has 0 unspecified atom stereocenters. The molecule has 3 heteroatoms. The number of fused-ring (bicyclic) bond motifs is 1. The Morgan fingerprint density at radius 3 is 2.19 bits per heavy atom. The van der Waals surface area contributed by atoms with E-state index in [0.29, 0.717) is 0 Å². The number of hydrogen-bond acceptors (Lipinski definition) is 2. The number of aromatic nitrogens is 2. The third-order valence-electron chi connectivity index (χ3n) is 5.19. The van der Waals surface area contributed by atoms with E-state index >= 15 is 0 Å². The second-order valence-electron chi connectivity index (χ2n) is 7.04. The van der Waals surface area contributed by atoms with Crippen LogP contribution in [0.1, 0.15) is 11.1 Å². The molecule has 5 rings (SSSR count). The average Bonchev–Trinajstić information content (AvgIpc) is 3.33. The fourth-order valence-electron chi connectivity index (χ4n) is 3.73. The van der Waals surface area contributed by atoms with Crippen molar-refractivity contribution in [2.75, 3.05) is 11.9 Å². The van der Waals surface area contributed by atoms with Crippen LogP contribution in [-0.4, -0.2) is 16.3 Å². The van der Waals surface area contributed by atoms with Crippen molar-refractivity contribution in [3.63, 3.8) is 0 Å². The third-order valence-corrected chi connectivity index (χ3v) is 5.19. The van der Waals surface area contributed by atoms with Crippen LogP contribution in [-0.2, 0) is 6.42 Å². The fourth-order valence-corrected chi connectivity index (χ4v) is 3.73. The summed E-state index contributed by atoms with van der Waals surface area (Å²) in [5.41, 5.74) is 8.37. The van der Waals surface area contributed by atoms with Gasteiger partial charge < -0.3 is 5.32 Å². The number of aryl methyl sites for hydroxylation is 1. The third kappa shape index (κ3) is 2.81. The Balaban J connectivity index is 1.56. The summed E-state index contributed by atoms with van der Waals surface area (Å²) < 4.78 is 2.04. The van der Waals surface area contributed by atoms with E-state index in [9.17, 15) is 0 Å². The number of rotatable bonds is 3. The van der Waals surface area contributed by atoms with Crippen LogP contribution in [0.15, 0.2) is 78.9 Å². The molecule has 0 fully saturated rings. The van der Waals surface area contributed by atoms with Crippen molar-refractivity contribution in [1.29, 1.82) is 0 Å². The predicted molar refractivity (Wildman–Crippen MR) is 111 cm³/mol. The largest absolute Gasteiger partial charge is 0.369 e. The Morgan fingerprint density at radius 1 is 0.778 bits per heavy atom. The molecule has 0 saturated heterocycles. The highest BCUT2D eigenvalue weighted by atomic mass is 15.3. The van der Waals surface area contributed by atoms with E-state index in [4.69, 9.17) is 5.10 Å². The lowest BCUT2D eigenvalue weighted by Crippen LogP contribution is -2.04. The highest BCUT2D eigenvalue weighted by Crippen LogP contribution is 2.35. The van der Waals surface area contributed by atoms with Crippen molar-refractivity contribution in [2.24, 2.45) is 0 Å². The quantitative estimate of drug-likeness (QED) is 0.529. The highest BCUT2D eigenvalue weighted by molar-refractivity contribution is 5.75. The van der Waals surface area contributed by atoms with Crippen molar-refractivity contribution in [3.05, 3.63) is 90.0 Å². The van der Waals surface area contributed by atoms with Crippen LogP contribution in [0.5, 0.6) is 0 Å². The normalized spacial score (nSPS) is 12.6. The number of nitrogens with one attached hydrogen (secondary N) is 1. The summed E-state index contributed by atoms with van der Waals surface area (Å²) in [5, 5.41) is 8.47. The van der Waals surface area contributed by atoms with Gasteiger partial charge in [0.15, 0.2) is 0 Å². The molecule has 1 N–H and O–H groups in total. The zero-order valence-corrected chi connectivity index (χ0v) is 15.3. The minimum absolute atomic E-state index is 0.966. The Morgan fingerprint density at radius 2 is 1.44 bits per heavy atom. The monoisotopic (exact) mass is 351 g/mol. The molecular weight excluding hydrogens is 330 g/mol. The van der Waals surface area contributed by atoms with Crippen LogP contribution >= 0.6 is 0 Å². The molecule has 132 valence electrons. The van der Waals surface area contributed by atoms with E-state index in [-0.39, 0.29) is 0 Å². The molecule has 4 aromatic rings. The number of benzene rings is 3. The van der Waals surface area contributed by atoms with Gasteiger partial charge in [-0.15, -0.1) is 0 Å². The van der Waals surface area contributed by atoms with Gasteiger partial charge in [0.05, 0.1) is 11.4 Å². The molecule has 2 heterocycles. The van der Waals surface area contributed by atoms with Crippen molar-refractivity contribution in [2.45, 2.75) is 13.3 Å². The van der Waals surface area contributed by atoms with Gasteiger partial charge in [-0.25, -0.2) is 4.68 Å². The Hall–Kier alpha value is -3.33. The van der Waals surface area contributed by atoms with Crippen LogP contribution < -0.4 is 5.32 Å². The van der Waals surface area contributed by atoms with Gasteiger partial charge in [-0.2, -0.15) is 5.10 Å². The fraction of sp³-hybridized carbons (Fsp3) is 0.125. The number of nitrogens with zero attached hydrogens (tertiary/aromatic N) is 2. The SMILES string of the molecule is Cc1ccc(-n2nc(-c3ccc(-c4ccccc4)cc3)c3c2NCC3)cc1. The second-order valence-corrected chi connectivity index (χ2v) is 7.04. The van der Waals surface area contributed by atoms with Crippen molar-refractivity contribution < 1.29 is 0 Å². The van der Waals surface area contributed by atoms with Crippen LogP contribution in [0, 0.1) is 6.92 Å². The average molecular weight is 351 g/mol. The van der Waals surface area contributed by atoms with Crippen molar-refractivity contribution >= 4 is 5.82 Å². The second kappa shape index (κ2) is 6.44. The Kier molecular flexibility index (Phi) is 3.79. The van der Waals surface area contributed by atoms with Gasteiger partial charge in [-0.05, 0) is 36.6 Å². The molecule has 3 nitrogen and oxygen atoms in total. The lowest BCUT2D eigenvalue weighted by molar-refractivity contribution is 0.882. The first-order chi connectivity index (χ1) is 13.3. The molecule has 0 radical (unpaired) electrons. The van der Waals surface area contributed by atoms with Gasteiger partial charge >= 0.3 is 0 Å². The molecule has 1 aromatic heterocycles. The first-order valence-corrected chi connectivity index (χ1v) is 9.38. The van der Waals surface area contributed by atoms with E-state index in [1.807, 2.05) is 10.7 Å². The maximum atomic E-state index is 4.96. The molecule has 0 spiro atoms. The van der Waals surface area contributed by atoms with E-state index in [1.165, 1.54) is 27.8 Å². The first-order valence-electron chi connectivity index (χ1n) is 9.38. The summed E-state index contributed by atoms with van der Waals surface area (Å²) in [6, 6.07) is 27.7. The minimum atomic E-state index is 0.966. The van der Waals surface area contributed by atoms with Gasteiger partial charge in [0, 0.05) is 17.7 Å². The van der Waals surface area contributed by atoms with E-state index in [1.54, 1.807) is 0 Å². The van der Waals surface area contributed by atoms with Crippen LogP contribution in [0.25, 0.3) is 28.1 Å². The topological polar surface area (TPSA) is 29.9 Å². The summed E-state index contributed by atoms with van der Waals surface area (Å²) in [6.07, 6.45) is 1.01. The van der Waals surface area contributed by atoms with Crippen LogP contribution in [0.3, 0.4) is 0 Å². The summed E-state index contributed by atoms with van der Waals surface area (Å²) >= 11 is 0. The summed E-state index contributed by atoms with van der Waals surface area (Å²) in [6.45, 7) is 3.07. The highest BCUT2D eigenvalue weighted by Gasteiger charge is 2.23. The maximum absolute atomic E-state index is 4.96. The lowest BCUT2D eigenvalue weighted by atomic mass is 10.0. The molecule has 1 aliphatic rings. The predicted octanol–water partition coefficient (Wildman–Crippen LogP) is 5.48. The standard InChI is InChI=1S/C24H21N3/c1-17-7-13-21(14-8-17)27-24-22(15-16-25-24)23(26-27)20-11-9-19(10-12-20)18-5-3-2-4-6-18/h2-14,25H,15-16H2,1H3. The lowest BCUT2D eigenvalue weighted by Gasteiger charge is -2.07. The zero-order chi connectivity index (χ0) is 18.2. The molecule has 0 atom stereocenters. The van der Waals surface area contributed by atoms with Crippen LogP contribution in [0.4, 0.5) is 5.82 Å².